The van der Waals surface area contributed by atoms with Crippen molar-refractivity contribution in [3.05, 3.63) is 51.4 Å². The Bertz CT molecular complexity index is 845. The zero-order chi connectivity index (χ0) is 15.0. The van der Waals surface area contributed by atoms with E-state index in [1.54, 1.807) is 6.92 Å². The molecular weight excluding hydrogens is 352 g/mol. The van der Waals surface area contributed by atoms with Crippen LogP contribution < -0.4 is 5.32 Å². The molecule has 0 aliphatic rings. The molecule has 106 valence electrons. The maximum Gasteiger partial charge on any atom is 0.355 e. The van der Waals surface area contributed by atoms with Crippen molar-refractivity contribution in [2.75, 3.05) is 5.32 Å². The number of fused-ring (bicyclic) bond motifs is 1. The van der Waals surface area contributed by atoms with Crippen LogP contribution in [0.25, 0.3) is 10.8 Å². The fraction of sp³-hybridized carbons (Fsp3) is 0.0667. The van der Waals surface area contributed by atoms with E-state index in [0.717, 1.165) is 20.9 Å². The lowest BCUT2D eigenvalue weighted by molar-refractivity contribution is 0.0690. The Kier molecular flexibility index (Phi) is 3.65. The van der Waals surface area contributed by atoms with E-state index >= 15 is 0 Å². The molecule has 0 atom stereocenters. The molecule has 1 aromatic heterocycles. The summed E-state index contributed by atoms with van der Waals surface area (Å²) >= 11 is 4.87. The van der Waals surface area contributed by atoms with E-state index in [9.17, 15) is 4.79 Å². The fourth-order valence-corrected chi connectivity index (χ4v) is 3.43. The van der Waals surface area contributed by atoms with E-state index in [1.807, 2.05) is 36.4 Å². The molecule has 0 radical (unpaired) electrons. The number of aromatic nitrogens is 1. The smallest absolute Gasteiger partial charge is 0.355 e. The van der Waals surface area contributed by atoms with Crippen LogP contribution in [0.3, 0.4) is 0 Å². The number of halogens is 1. The molecular formula is C15H11BrN2O2S. The van der Waals surface area contributed by atoms with E-state index in [4.69, 9.17) is 5.11 Å². The number of benzene rings is 2. The van der Waals surface area contributed by atoms with Gasteiger partial charge in [-0.05, 0) is 24.4 Å². The first kappa shape index (κ1) is 14.0. The molecule has 4 nitrogen and oxygen atoms in total. The SMILES string of the molecule is Cc1sc(Nc2ccc(Br)c3ccccc23)nc1C(=O)O. The lowest BCUT2D eigenvalue weighted by atomic mass is 10.1. The summed E-state index contributed by atoms with van der Waals surface area (Å²) < 4.78 is 1.02. The van der Waals surface area contributed by atoms with Crippen molar-refractivity contribution < 1.29 is 9.90 Å². The Morgan fingerprint density at radius 2 is 1.95 bits per heavy atom. The van der Waals surface area contributed by atoms with Gasteiger partial charge in [-0.2, -0.15) is 0 Å². The summed E-state index contributed by atoms with van der Waals surface area (Å²) in [5.74, 6) is -1.00. The maximum absolute atomic E-state index is 11.1. The normalized spacial score (nSPS) is 10.8. The van der Waals surface area contributed by atoms with Crippen LogP contribution in [0, 0.1) is 6.92 Å². The molecule has 0 aliphatic heterocycles. The third-order valence-corrected chi connectivity index (χ3v) is 4.69. The summed E-state index contributed by atoms with van der Waals surface area (Å²) in [5, 5.41) is 15.0. The second kappa shape index (κ2) is 5.46. The van der Waals surface area contributed by atoms with Crippen molar-refractivity contribution >= 4 is 54.8 Å². The summed E-state index contributed by atoms with van der Waals surface area (Å²) in [5.41, 5.74) is 1.00. The first-order chi connectivity index (χ1) is 10.1. The first-order valence-electron chi connectivity index (χ1n) is 6.21. The summed E-state index contributed by atoms with van der Waals surface area (Å²) in [6.07, 6.45) is 0. The number of carboxylic acids is 1. The minimum atomic E-state index is -1.00. The van der Waals surface area contributed by atoms with Crippen LogP contribution in [-0.4, -0.2) is 16.1 Å². The highest BCUT2D eigenvalue weighted by Gasteiger charge is 2.14. The molecule has 3 aromatic rings. The lowest BCUT2D eigenvalue weighted by Gasteiger charge is -2.08. The van der Waals surface area contributed by atoms with Crippen molar-refractivity contribution in [2.45, 2.75) is 6.92 Å². The number of anilines is 2. The predicted octanol–water partition coefficient (Wildman–Crippen LogP) is 4.81. The molecule has 0 fully saturated rings. The molecule has 0 saturated heterocycles. The minimum absolute atomic E-state index is 0.101. The number of aromatic carboxylic acids is 1. The highest BCUT2D eigenvalue weighted by atomic mass is 79.9. The van der Waals surface area contributed by atoms with Crippen molar-refractivity contribution in [2.24, 2.45) is 0 Å². The van der Waals surface area contributed by atoms with Gasteiger partial charge in [-0.3, -0.25) is 0 Å². The van der Waals surface area contributed by atoms with Crippen LogP contribution in [0.2, 0.25) is 0 Å². The van der Waals surface area contributed by atoms with Crippen LogP contribution in [-0.2, 0) is 0 Å². The Morgan fingerprint density at radius 3 is 2.62 bits per heavy atom. The van der Waals surface area contributed by atoms with E-state index in [2.05, 4.69) is 26.2 Å². The number of rotatable bonds is 3. The van der Waals surface area contributed by atoms with Crippen molar-refractivity contribution in [1.29, 1.82) is 0 Å². The van der Waals surface area contributed by atoms with Gasteiger partial charge in [0.25, 0.3) is 0 Å². The van der Waals surface area contributed by atoms with Crippen LogP contribution in [0.5, 0.6) is 0 Å². The molecule has 2 N–H and O–H groups in total. The zero-order valence-corrected chi connectivity index (χ0v) is 13.5. The number of carboxylic acid groups (broad SMARTS) is 1. The Hall–Kier alpha value is -1.92. The van der Waals surface area contributed by atoms with Crippen molar-refractivity contribution in [1.82, 2.24) is 4.98 Å². The van der Waals surface area contributed by atoms with Gasteiger partial charge in [-0.25, -0.2) is 9.78 Å². The minimum Gasteiger partial charge on any atom is -0.476 e. The van der Waals surface area contributed by atoms with Gasteiger partial charge in [0.1, 0.15) is 0 Å². The molecule has 6 heteroatoms. The molecule has 0 unspecified atom stereocenters. The van der Waals surface area contributed by atoms with Crippen LogP contribution >= 0.6 is 27.3 Å². The van der Waals surface area contributed by atoms with E-state index in [0.29, 0.717) is 10.0 Å². The van der Waals surface area contributed by atoms with Crippen LogP contribution in [0.4, 0.5) is 10.8 Å². The number of hydrogen-bond acceptors (Lipinski definition) is 4. The number of nitrogens with zero attached hydrogens (tertiary/aromatic N) is 1. The molecule has 0 saturated carbocycles. The number of hydrogen-bond donors (Lipinski definition) is 2. The molecule has 2 aromatic carbocycles. The second-order valence-corrected chi connectivity index (χ2v) is 6.55. The third-order valence-electron chi connectivity index (χ3n) is 3.11. The summed E-state index contributed by atoms with van der Waals surface area (Å²) in [6.45, 7) is 1.76. The van der Waals surface area contributed by atoms with Gasteiger partial charge in [0.15, 0.2) is 10.8 Å². The number of thiazole rings is 1. The number of aryl methyl sites for hydroxylation is 1. The van der Waals surface area contributed by atoms with Gasteiger partial charge in [0.05, 0.1) is 0 Å². The summed E-state index contributed by atoms with van der Waals surface area (Å²) in [7, 11) is 0. The molecule has 0 amide bonds. The van der Waals surface area contributed by atoms with Gasteiger partial charge >= 0.3 is 5.97 Å². The largest absolute Gasteiger partial charge is 0.476 e. The van der Waals surface area contributed by atoms with Gasteiger partial charge < -0.3 is 10.4 Å². The van der Waals surface area contributed by atoms with Gasteiger partial charge in [-0.1, -0.05) is 40.2 Å². The standard InChI is InChI=1S/C15H11BrN2O2S/c1-8-13(14(19)20)18-15(21-8)17-12-7-6-11(16)9-4-2-3-5-10(9)12/h2-7H,1H3,(H,17,18)(H,19,20). The zero-order valence-electron chi connectivity index (χ0n) is 11.1. The molecule has 0 spiro atoms. The number of nitrogens with one attached hydrogen (secondary N) is 1. The Morgan fingerprint density at radius 1 is 1.24 bits per heavy atom. The molecule has 0 bridgehead atoms. The maximum atomic E-state index is 11.1. The molecule has 21 heavy (non-hydrogen) atoms. The lowest BCUT2D eigenvalue weighted by Crippen LogP contribution is -1.99. The highest BCUT2D eigenvalue weighted by molar-refractivity contribution is 9.10. The van der Waals surface area contributed by atoms with E-state index in [-0.39, 0.29) is 5.69 Å². The van der Waals surface area contributed by atoms with E-state index < -0.39 is 5.97 Å². The summed E-state index contributed by atoms with van der Waals surface area (Å²) in [4.78, 5) is 15.9. The highest BCUT2D eigenvalue weighted by Crippen LogP contribution is 2.33. The monoisotopic (exact) mass is 362 g/mol. The average molecular weight is 363 g/mol. The Balaban J connectivity index is 2.04. The predicted molar refractivity (Wildman–Crippen MR) is 88.7 cm³/mol. The van der Waals surface area contributed by atoms with Crippen molar-refractivity contribution in [3.8, 4) is 0 Å². The first-order valence-corrected chi connectivity index (χ1v) is 7.82. The van der Waals surface area contributed by atoms with Crippen LogP contribution in [0.15, 0.2) is 40.9 Å². The molecule has 3 rings (SSSR count). The molecule has 1 heterocycles. The number of carbonyl (C=O) groups is 1. The second-order valence-electron chi connectivity index (χ2n) is 4.49. The molecule has 0 aliphatic carbocycles. The Labute approximate surface area is 133 Å². The van der Waals surface area contributed by atoms with E-state index in [1.165, 1.54) is 11.3 Å². The van der Waals surface area contributed by atoms with Crippen LogP contribution in [0.1, 0.15) is 15.4 Å². The topological polar surface area (TPSA) is 62.2 Å². The fourth-order valence-electron chi connectivity index (χ4n) is 2.13. The van der Waals surface area contributed by atoms with Gasteiger partial charge in [0.2, 0.25) is 0 Å². The quantitative estimate of drug-likeness (QED) is 0.701. The average Bonchev–Trinajstić information content (AvgIpc) is 2.83. The van der Waals surface area contributed by atoms with Crippen molar-refractivity contribution in [3.63, 3.8) is 0 Å². The summed E-state index contributed by atoms with van der Waals surface area (Å²) in [6, 6.07) is 11.9. The third kappa shape index (κ3) is 2.64. The van der Waals surface area contributed by atoms with Gasteiger partial charge in [0, 0.05) is 20.4 Å². The van der Waals surface area contributed by atoms with Gasteiger partial charge in [-0.15, -0.1) is 11.3 Å².